The first-order valence-electron chi connectivity index (χ1n) is 5.68. The fourth-order valence-corrected chi connectivity index (χ4v) is 1.80. The van der Waals surface area contributed by atoms with Crippen molar-refractivity contribution in [1.82, 2.24) is 0 Å². The Morgan fingerprint density at radius 1 is 0.941 bits per heavy atom. The average Bonchev–Trinajstić information content (AvgIpc) is 2.39. The third kappa shape index (κ3) is 2.66. The van der Waals surface area contributed by atoms with Crippen LogP contribution in [0.15, 0.2) is 48.5 Å². The molecule has 0 bridgehead atoms. The van der Waals surface area contributed by atoms with E-state index in [0.717, 1.165) is 11.1 Å². The van der Waals surface area contributed by atoms with Crippen LogP contribution in [0.2, 0.25) is 0 Å². The van der Waals surface area contributed by atoms with Crippen molar-refractivity contribution in [3.8, 4) is 11.1 Å². The van der Waals surface area contributed by atoms with Gasteiger partial charge in [0.25, 0.3) is 0 Å². The Bertz CT molecular complexity index is 489. The molecular formula is C15H17NO. The van der Waals surface area contributed by atoms with Crippen LogP contribution in [0.25, 0.3) is 11.1 Å². The molecule has 0 heterocycles. The first-order valence-corrected chi connectivity index (χ1v) is 5.68. The Kier molecular flexibility index (Phi) is 3.45. The summed E-state index contributed by atoms with van der Waals surface area (Å²) in [5.74, 6) is 0. The normalized spacial score (nSPS) is 10.3. The molecule has 0 aliphatic carbocycles. The van der Waals surface area contributed by atoms with E-state index in [9.17, 15) is 0 Å². The molecule has 2 rings (SSSR count). The van der Waals surface area contributed by atoms with Crippen molar-refractivity contribution >= 4 is 5.69 Å². The smallest absolute Gasteiger partial charge is 0.0682 e. The number of anilines is 1. The molecular weight excluding hydrogens is 210 g/mol. The Morgan fingerprint density at radius 2 is 1.65 bits per heavy atom. The highest BCUT2D eigenvalue weighted by molar-refractivity contribution is 5.66. The highest BCUT2D eigenvalue weighted by atomic mass is 16.3. The predicted molar refractivity (Wildman–Crippen MR) is 72.1 cm³/mol. The molecule has 0 aromatic heterocycles. The van der Waals surface area contributed by atoms with Gasteiger partial charge in [0.15, 0.2) is 0 Å². The summed E-state index contributed by atoms with van der Waals surface area (Å²) >= 11 is 0. The van der Waals surface area contributed by atoms with Crippen molar-refractivity contribution in [2.75, 3.05) is 19.0 Å². The molecule has 1 N–H and O–H groups in total. The van der Waals surface area contributed by atoms with Crippen molar-refractivity contribution in [3.63, 3.8) is 0 Å². The van der Waals surface area contributed by atoms with Gasteiger partial charge in [-0.2, -0.15) is 0 Å². The topological polar surface area (TPSA) is 23.5 Å². The Hall–Kier alpha value is -1.80. The minimum Gasteiger partial charge on any atom is -0.392 e. The summed E-state index contributed by atoms with van der Waals surface area (Å²) in [6, 6.07) is 16.4. The molecule has 2 aromatic carbocycles. The van der Waals surface area contributed by atoms with Crippen LogP contribution in [0.1, 0.15) is 5.56 Å². The number of aliphatic hydroxyl groups excluding tert-OH is 1. The van der Waals surface area contributed by atoms with Gasteiger partial charge in [0.2, 0.25) is 0 Å². The lowest BCUT2D eigenvalue weighted by Crippen LogP contribution is -2.07. The number of hydrogen-bond acceptors (Lipinski definition) is 2. The number of benzene rings is 2. The van der Waals surface area contributed by atoms with E-state index in [1.54, 1.807) is 0 Å². The molecule has 17 heavy (non-hydrogen) atoms. The zero-order valence-electron chi connectivity index (χ0n) is 10.2. The first-order chi connectivity index (χ1) is 8.20. The van der Waals surface area contributed by atoms with E-state index in [0.29, 0.717) is 0 Å². The highest BCUT2D eigenvalue weighted by Gasteiger charge is 2.00. The van der Waals surface area contributed by atoms with Crippen molar-refractivity contribution in [2.45, 2.75) is 6.61 Å². The fourth-order valence-electron chi connectivity index (χ4n) is 1.80. The Morgan fingerprint density at radius 3 is 2.24 bits per heavy atom. The van der Waals surface area contributed by atoms with Crippen LogP contribution in [0.5, 0.6) is 0 Å². The van der Waals surface area contributed by atoms with Crippen LogP contribution in [0, 0.1) is 0 Å². The summed E-state index contributed by atoms with van der Waals surface area (Å²) < 4.78 is 0. The van der Waals surface area contributed by atoms with Crippen LogP contribution in [-0.2, 0) is 6.61 Å². The Balaban J connectivity index is 2.32. The lowest BCUT2D eigenvalue weighted by atomic mass is 10.0. The van der Waals surface area contributed by atoms with E-state index >= 15 is 0 Å². The summed E-state index contributed by atoms with van der Waals surface area (Å²) in [6.07, 6.45) is 0. The molecule has 2 nitrogen and oxygen atoms in total. The lowest BCUT2D eigenvalue weighted by molar-refractivity contribution is 0.282. The van der Waals surface area contributed by atoms with Crippen LogP contribution in [-0.4, -0.2) is 19.2 Å². The third-order valence-corrected chi connectivity index (χ3v) is 2.83. The largest absolute Gasteiger partial charge is 0.392 e. The molecule has 0 spiro atoms. The molecule has 0 fully saturated rings. The molecule has 0 atom stereocenters. The maximum Gasteiger partial charge on any atom is 0.0682 e. The number of hydrogen-bond donors (Lipinski definition) is 1. The van der Waals surface area contributed by atoms with Crippen LogP contribution in [0.3, 0.4) is 0 Å². The maximum atomic E-state index is 9.12. The zero-order valence-corrected chi connectivity index (χ0v) is 10.2. The van der Waals surface area contributed by atoms with Gasteiger partial charge in [-0.1, -0.05) is 30.3 Å². The van der Waals surface area contributed by atoms with Crippen molar-refractivity contribution in [1.29, 1.82) is 0 Å². The van der Waals surface area contributed by atoms with Gasteiger partial charge in [0, 0.05) is 19.8 Å². The summed E-state index contributed by atoms with van der Waals surface area (Å²) in [6.45, 7) is 0.0869. The maximum absolute atomic E-state index is 9.12. The fraction of sp³-hybridized carbons (Fsp3) is 0.200. The standard InChI is InChI=1S/C15H17NO/c1-16(2)15-8-6-13(7-9-15)14-5-3-4-12(10-14)11-17/h3-10,17H,11H2,1-2H3. The summed E-state index contributed by atoms with van der Waals surface area (Å²) in [4.78, 5) is 2.08. The number of rotatable bonds is 3. The molecule has 0 aliphatic rings. The van der Waals surface area contributed by atoms with Crippen molar-refractivity contribution in [2.24, 2.45) is 0 Å². The first kappa shape index (κ1) is 11.7. The average molecular weight is 227 g/mol. The van der Waals surface area contributed by atoms with E-state index in [1.807, 2.05) is 32.3 Å². The van der Waals surface area contributed by atoms with Gasteiger partial charge in [-0.05, 0) is 34.9 Å². The predicted octanol–water partition coefficient (Wildman–Crippen LogP) is 2.91. The van der Waals surface area contributed by atoms with E-state index in [1.165, 1.54) is 11.3 Å². The molecule has 0 amide bonds. The second-order valence-corrected chi connectivity index (χ2v) is 4.30. The summed E-state index contributed by atoms with van der Waals surface area (Å²) in [5.41, 5.74) is 4.44. The molecule has 0 saturated carbocycles. The van der Waals surface area contributed by atoms with Crippen LogP contribution in [0.4, 0.5) is 5.69 Å². The van der Waals surface area contributed by atoms with Gasteiger partial charge >= 0.3 is 0 Å². The molecule has 0 saturated heterocycles. The number of aliphatic hydroxyl groups is 1. The SMILES string of the molecule is CN(C)c1ccc(-c2cccc(CO)c2)cc1. The molecule has 0 radical (unpaired) electrons. The van der Waals surface area contributed by atoms with Gasteiger partial charge in [-0.25, -0.2) is 0 Å². The van der Waals surface area contributed by atoms with E-state index < -0.39 is 0 Å². The minimum atomic E-state index is 0.0869. The molecule has 88 valence electrons. The second kappa shape index (κ2) is 5.02. The highest BCUT2D eigenvalue weighted by Crippen LogP contribution is 2.23. The quantitative estimate of drug-likeness (QED) is 0.871. The van der Waals surface area contributed by atoms with E-state index in [-0.39, 0.29) is 6.61 Å². The van der Waals surface area contributed by atoms with Crippen molar-refractivity contribution < 1.29 is 5.11 Å². The minimum absolute atomic E-state index is 0.0869. The van der Waals surface area contributed by atoms with Gasteiger partial charge < -0.3 is 10.0 Å². The van der Waals surface area contributed by atoms with E-state index in [2.05, 4.69) is 35.2 Å². The van der Waals surface area contributed by atoms with Gasteiger partial charge in [-0.15, -0.1) is 0 Å². The molecule has 2 aromatic rings. The van der Waals surface area contributed by atoms with E-state index in [4.69, 9.17) is 5.11 Å². The summed E-state index contributed by atoms with van der Waals surface area (Å²) in [7, 11) is 4.06. The van der Waals surface area contributed by atoms with Gasteiger partial charge in [-0.3, -0.25) is 0 Å². The lowest BCUT2D eigenvalue weighted by Gasteiger charge is -2.12. The van der Waals surface area contributed by atoms with Crippen LogP contribution >= 0.6 is 0 Å². The third-order valence-electron chi connectivity index (χ3n) is 2.83. The monoisotopic (exact) mass is 227 g/mol. The summed E-state index contributed by atoms with van der Waals surface area (Å²) in [5, 5.41) is 9.12. The number of nitrogens with zero attached hydrogens (tertiary/aromatic N) is 1. The second-order valence-electron chi connectivity index (χ2n) is 4.30. The molecule has 0 aliphatic heterocycles. The van der Waals surface area contributed by atoms with Crippen LogP contribution < -0.4 is 4.90 Å². The van der Waals surface area contributed by atoms with Crippen molar-refractivity contribution in [3.05, 3.63) is 54.1 Å². The van der Waals surface area contributed by atoms with Gasteiger partial charge in [0.05, 0.1) is 6.61 Å². The Labute approximate surface area is 102 Å². The molecule has 2 heteroatoms. The molecule has 0 unspecified atom stereocenters. The zero-order chi connectivity index (χ0) is 12.3. The van der Waals surface area contributed by atoms with Gasteiger partial charge in [0.1, 0.15) is 0 Å².